The molecule has 1 aromatic rings. The number of halogens is 6. The molecule has 49 heavy (non-hydrogen) atoms. The van der Waals surface area contributed by atoms with Gasteiger partial charge in [0.05, 0.1) is 0 Å². The molecule has 0 aromatic carbocycles. The number of unbranched alkanes of at least 4 members (excludes halogenated alkanes) is 8. The van der Waals surface area contributed by atoms with Gasteiger partial charge in [-0.25, -0.2) is 32.9 Å². The number of nitrogens with one attached hydrogen (secondary N) is 1. The molecule has 0 bridgehead atoms. The van der Waals surface area contributed by atoms with Crippen LogP contribution in [0.5, 0.6) is 0 Å². The molecule has 12 nitrogen and oxygen atoms in total. The van der Waals surface area contributed by atoms with E-state index in [4.69, 9.17) is 5.73 Å². The van der Waals surface area contributed by atoms with Crippen molar-refractivity contribution in [3.8, 4) is 0 Å². The number of rotatable bonds is 24. The Kier molecular flexibility index (Phi) is 17.1. The monoisotopic (exact) mass is 721 g/mol. The molecule has 1 rings (SSSR count). The van der Waals surface area contributed by atoms with Gasteiger partial charge >= 0.3 is 41.1 Å². The number of alkyl halides is 6. The maximum atomic E-state index is 14.6. The van der Waals surface area contributed by atoms with Crippen molar-refractivity contribution in [2.45, 2.75) is 154 Å². The molecule has 4 N–H and O–H groups in total. The quantitative estimate of drug-likeness (QED) is 0.103. The first-order chi connectivity index (χ1) is 22.6. The highest BCUT2D eigenvalue weighted by Gasteiger charge is 2.69. The number of nitrogens with zero attached hydrogens (tertiary/aromatic N) is 3. The third-order valence-electron chi connectivity index (χ3n) is 8.07. The summed E-state index contributed by atoms with van der Waals surface area (Å²) in [4.78, 5) is 51.1. The van der Waals surface area contributed by atoms with E-state index in [2.05, 4.69) is 14.8 Å². The molecule has 18 heteroatoms. The van der Waals surface area contributed by atoms with Crippen molar-refractivity contribution in [1.82, 2.24) is 19.0 Å². The van der Waals surface area contributed by atoms with Crippen LogP contribution in [-0.4, -0.2) is 73.8 Å². The fourth-order valence-corrected chi connectivity index (χ4v) is 4.68. The number of amides is 1. The fraction of sp³-hybridized carbons (Fsp3) is 0.871. The molecule has 1 amide bonds. The number of hydrogen-bond acceptors (Lipinski definition) is 8. The minimum absolute atomic E-state index is 0.0294. The SMILES string of the molecule is CCCCCCn1c(=O)n(CCCCCN)c(=O)n(CCCCCCNC(=O)OCC(F)(F)C(C)(C)OC(F)(F)C(F)(F)C(C)(C)O)c1=O. The van der Waals surface area contributed by atoms with Crippen molar-refractivity contribution in [3.63, 3.8) is 0 Å². The molecular formula is C31H53F6N5O7. The first kappa shape index (κ1) is 44.2. The Balaban J connectivity index is 2.68. The Morgan fingerprint density at radius 1 is 0.735 bits per heavy atom. The van der Waals surface area contributed by atoms with E-state index in [1.807, 2.05) is 6.92 Å². The summed E-state index contributed by atoms with van der Waals surface area (Å²) in [7, 11) is 0. The van der Waals surface area contributed by atoms with Crippen molar-refractivity contribution >= 4 is 6.09 Å². The van der Waals surface area contributed by atoms with Crippen LogP contribution >= 0.6 is 0 Å². The Labute approximate surface area is 281 Å². The number of carbonyl (C=O) groups is 1. The molecule has 0 aliphatic rings. The number of alkyl carbamates (subject to hydrolysis) is 1. The lowest BCUT2D eigenvalue weighted by Crippen LogP contribution is -2.62. The molecule has 1 heterocycles. The Bertz CT molecular complexity index is 1310. The molecule has 0 aliphatic heterocycles. The molecule has 0 radical (unpaired) electrons. The van der Waals surface area contributed by atoms with E-state index in [-0.39, 0.29) is 26.2 Å². The predicted molar refractivity (Wildman–Crippen MR) is 170 cm³/mol. The summed E-state index contributed by atoms with van der Waals surface area (Å²) in [6.07, 6.45) is 0.289. The third-order valence-corrected chi connectivity index (χ3v) is 8.07. The van der Waals surface area contributed by atoms with Crippen molar-refractivity contribution in [1.29, 1.82) is 0 Å². The topological polar surface area (TPSA) is 160 Å². The summed E-state index contributed by atoms with van der Waals surface area (Å²) in [6.45, 7) is 2.70. The number of aliphatic hydroxyl groups is 1. The predicted octanol–water partition coefficient (Wildman–Crippen LogP) is 4.60. The largest absolute Gasteiger partial charge is 0.443 e. The zero-order chi connectivity index (χ0) is 37.7. The second-order valence-electron chi connectivity index (χ2n) is 13.1. The zero-order valence-electron chi connectivity index (χ0n) is 29.1. The number of nitrogens with two attached hydrogens (primary N) is 1. The van der Waals surface area contributed by atoms with Crippen LogP contribution in [-0.2, 0) is 29.1 Å². The van der Waals surface area contributed by atoms with Gasteiger partial charge in [-0.2, -0.15) is 26.3 Å². The lowest BCUT2D eigenvalue weighted by molar-refractivity contribution is -0.424. The fourth-order valence-electron chi connectivity index (χ4n) is 4.68. The van der Waals surface area contributed by atoms with Crippen LogP contribution in [0.25, 0.3) is 0 Å². The first-order valence-corrected chi connectivity index (χ1v) is 16.7. The minimum atomic E-state index is -5.50. The van der Waals surface area contributed by atoms with Gasteiger partial charge in [-0.15, -0.1) is 0 Å². The van der Waals surface area contributed by atoms with Gasteiger partial charge in [-0.1, -0.05) is 45.4 Å². The van der Waals surface area contributed by atoms with E-state index in [1.54, 1.807) is 0 Å². The lowest BCUT2D eigenvalue weighted by atomic mass is 9.97. The van der Waals surface area contributed by atoms with Gasteiger partial charge in [-0.05, 0) is 66.3 Å². The molecule has 0 fully saturated rings. The number of carbonyl (C=O) groups excluding carboxylic acids is 1. The van der Waals surface area contributed by atoms with Crippen LogP contribution in [0.3, 0.4) is 0 Å². The van der Waals surface area contributed by atoms with Crippen molar-refractivity contribution < 1.29 is 45.7 Å². The second kappa shape index (κ2) is 18.9. The van der Waals surface area contributed by atoms with E-state index in [9.17, 15) is 50.6 Å². The molecule has 286 valence electrons. The van der Waals surface area contributed by atoms with Gasteiger partial charge < -0.3 is 25.6 Å². The Morgan fingerprint density at radius 2 is 1.16 bits per heavy atom. The van der Waals surface area contributed by atoms with Crippen molar-refractivity contribution in [2.75, 3.05) is 19.7 Å². The first-order valence-electron chi connectivity index (χ1n) is 16.7. The number of aromatic nitrogens is 3. The van der Waals surface area contributed by atoms with Gasteiger partial charge in [0.15, 0.2) is 6.61 Å². The van der Waals surface area contributed by atoms with Crippen molar-refractivity contribution in [2.24, 2.45) is 5.73 Å². The average Bonchev–Trinajstić information content (AvgIpc) is 2.99. The average molecular weight is 722 g/mol. The van der Waals surface area contributed by atoms with Gasteiger partial charge in [-0.3, -0.25) is 0 Å². The molecule has 0 saturated heterocycles. The molecule has 0 saturated carbocycles. The molecule has 0 aliphatic carbocycles. The maximum absolute atomic E-state index is 14.6. The van der Waals surface area contributed by atoms with E-state index < -0.39 is 58.9 Å². The summed E-state index contributed by atoms with van der Waals surface area (Å²) in [5.74, 6) is -9.58. The maximum Gasteiger partial charge on any atom is 0.423 e. The molecule has 0 unspecified atom stereocenters. The highest BCUT2D eigenvalue weighted by molar-refractivity contribution is 5.67. The highest BCUT2D eigenvalue weighted by atomic mass is 19.3. The van der Waals surface area contributed by atoms with Gasteiger partial charge in [0, 0.05) is 26.2 Å². The smallest absolute Gasteiger partial charge is 0.423 e. The van der Waals surface area contributed by atoms with Gasteiger partial charge in [0.1, 0.15) is 11.2 Å². The van der Waals surface area contributed by atoms with Crippen LogP contribution in [0.1, 0.15) is 105 Å². The molecular weight excluding hydrogens is 668 g/mol. The highest BCUT2D eigenvalue weighted by Crippen LogP contribution is 2.47. The summed E-state index contributed by atoms with van der Waals surface area (Å²) >= 11 is 0. The minimum Gasteiger partial charge on any atom is -0.443 e. The van der Waals surface area contributed by atoms with Crippen molar-refractivity contribution in [3.05, 3.63) is 31.5 Å². The van der Waals surface area contributed by atoms with E-state index in [1.165, 1.54) is 0 Å². The molecule has 0 atom stereocenters. The number of ether oxygens (including phenoxy) is 2. The Hall–Kier alpha value is -2.86. The Morgan fingerprint density at radius 3 is 1.59 bits per heavy atom. The number of hydrogen-bond donors (Lipinski definition) is 3. The van der Waals surface area contributed by atoms with E-state index >= 15 is 0 Å². The third kappa shape index (κ3) is 12.5. The van der Waals surface area contributed by atoms with E-state index in [0.717, 1.165) is 45.8 Å². The van der Waals surface area contributed by atoms with Crippen LogP contribution in [0, 0.1) is 0 Å². The van der Waals surface area contributed by atoms with E-state index in [0.29, 0.717) is 72.8 Å². The van der Waals surface area contributed by atoms with Gasteiger partial charge in [0.25, 0.3) is 0 Å². The second-order valence-corrected chi connectivity index (χ2v) is 13.1. The molecule has 0 spiro atoms. The standard InChI is InChI=1S/C31H53F6N5O7/c1-6-7-8-14-19-40-24(44)41(26(46)42(25(40)45)21-16-11-12-17-38)20-15-10-9-13-18-39-23(43)48-22-29(32,33)28(4,5)49-31(36,37)30(34,35)27(2,3)47/h47H,6-22,38H2,1-5H3,(H,39,43). The normalized spacial score (nSPS) is 13.2. The van der Waals surface area contributed by atoms with Gasteiger partial charge in [0.2, 0.25) is 0 Å². The molecule has 1 aromatic heterocycles. The van der Waals surface area contributed by atoms with Crippen LogP contribution < -0.4 is 28.1 Å². The van der Waals surface area contributed by atoms with Crippen LogP contribution in [0.15, 0.2) is 14.4 Å². The zero-order valence-corrected chi connectivity index (χ0v) is 29.1. The van der Waals surface area contributed by atoms with Crippen LogP contribution in [0.4, 0.5) is 31.1 Å². The lowest BCUT2D eigenvalue weighted by Gasteiger charge is -2.41. The summed E-state index contributed by atoms with van der Waals surface area (Å²) in [5.41, 5.74) is -3.01. The summed E-state index contributed by atoms with van der Waals surface area (Å²) < 4.78 is 96.8. The summed E-state index contributed by atoms with van der Waals surface area (Å²) in [6, 6.07) is 0. The van der Waals surface area contributed by atoms with Crippen LogP contribution in [0.2, 0.25) is 0 Å². The summed E-state index contributed by atoms with van der Waals surface area (Å²) in [5, 5.41) is 11.6.